The van der Waals surface area contributed by atoms with Crippen molar-refractivity contribution in [2.24, 2.45) is 0 Å². The van der Waals surface area contributed by atoms with Crippen molar-refractivity contribution in [1.29, 1.82) is 0 Å². The molecule has 2 nitrogen and oxygen atoms in total. The molecule has 1 aromatic heterocycles. The van der Waals surface area contributed by atoms with Crippen LogP contribution in [-0.4, -0.2) is 6.54 Å². The van der Waals surface area contributed by atoms with E-state index >= 15 is 0 Å². The first-order valence-corrected chi connectivity index (χ1v) is 6.53. The second kappa shape index (κ2) is 5.29. The van der Waals surface area contributed by atoms with Crippen LogP contribution in [0, 0.1) is 12.7 Å². The largest absolute Gasteiger partial charge is 0.458 e. The molecule has 1 N–H and O–H groups in total. The highest BCUT2D eigenvalue weighted by atomic mass is 35.5. The zero-order valence-electron chi connectivity index (χ0n) is 10.8. The van der Waals surface area contributed by atoms with Gasteiger partial charge in [-0.1, -0.05) is 18.5 Å². The summed E-state index contributed by atoms with van der Waals surface area (Å²) >= 11 is 6.00. The number of hydrogen-bond donors (Lipinski definition) is 1. The molecule has 0 amide bonds. The molecule has 0 radical (unpaired) electrons. The quantitative estimate of drug-likeness (QED) is 0.878. The first-order chi connectivity index (χ1) is 8.54. The van der Waals surface area contributed by atoms with E-state index in [1.807, 2.05) is 13.8 Å². The number of aryl methyl sites for hydroxylation is 1. The summed E-state index contributed by atoms with van der Waals surface area (Å²) < 4.78 is 19.1. The zero-order valence-corrected chi connectivity index (χ0v) is 11.6. The van der Waals surface area contributed by atoms with Gasteiger partial charge in [0.15, 0.2) is 5.58 Å². The van der Waals surface area contributed by atoms with Gasteiger partial charge in [-0.3, -0.25) is 0 Å². The van der Waals surface area contributed by atoms with Crippen LogP contribution in [0.3, 0.4) is 0 Å². The van der Waals surface area contributed by atoms with Crippen molar-refractivity contribution in [1.82, 2.24) is 5.32 Å². The Hall–Kier alpha value is -1.06. The van der Waals surface area contributed by atoms with Crippen LogP contribution in [0.4, 0.5) is 4.39 Å². The third-order valence-electron chi connectivity index (χ3n) is 3.09. The minimum Gasteiger partial charge on any atom is -0.458 e. The van der Waals surface area contributed by atoms with Crippen molar-refractivity contribution < 1.29 is 8.81 Å². The molecule has 18 heavy (non-hydrogen) atoms. The van der Waals surface area contributed by atoms with Gasteiger partial charge in [-0.2, -0.15) is 0 Å². The summed E-state index contributed by atoms with van der Waals surface area (Å²) in [5, 5.41) is 4.43. The third kappa shape index (κ3) is 2.38. The third-order valence-corrected chi connectivity index (χ3v) is 3.37. The predicted octanol–water partition coefficient (Wildman–Crippen LogP) is 4.59. The normalized spacial score (nSPS) is 13.2. The minimum absolute atomic E-state index is 0.0940. The molecule has 2 rings (SSSR count). The Morgan fingerprint density at radius 1 is 1.44 bits per heavy atom. The fourth-order valence-corrected chi connectivity index (χ4v) is 2.37. The highest BCUT2D eigenvalue weighted by Crippen LogP contribution is 2.34. The van der Waals surface area contributed by atoms with Crippen LogP contribution in [0.5, 0.6) is 0 Å². The van der Waals surface area contributed by atoms with Gasteiger partial charge in [0.05, 0.1) is 11.1 Å². The molecular weight excluding hydrogens is 253 g/mol. The summed E-state index contributed by atoms with van der Waals surface area (Å²) in [5.41, 5.74) is 1.51. The predicted molar refractivity (Wildman–Crippen MR) is 72.6 cm³/mol. The van der Waals surface area contributed by atoms with Gasteiger partial charge >= 0.3 is 0 Å². The lowest BCUT2D eigenvalue weighted by Crippen LogP contribution is -2.19. The van der Waals surface area contributed by atoms with Crippen molar-refractivity contribution in [2.75, 3.05) is 6.54 Å². The molecule has 4 heteroatoms. The first-order valence-electron chi connectivity index (χ1n) is 6.16. The number of halogens is 2. The maximum absolute atomic E-state index is 13.3. The second-order valence-electron chi connectivity index (χ2n) is 4.53. The maximum atomic E-state index is 13.3. The fourth-order valence-electron chi connectivity index (χ4n) is 2.13. The van der Waals surface area contributed by atoms with Gasteiger partial charge in [-0.25, -0.2) is 4.39 Å². The molecule has 2 aromatic rings. The van der Waals surface area contributed by atoms with Crippen LogP contribution in [0.25, 0.3) is 11.0 Å². The van der Waals surface area contributed by atoms with Crippen LogP contribution in [0.2, 0.25) is 5.02 Å². The lowest BCUT2D eigenvalue weighted by molar-refractivity contribution is 0.448. The Morgan fingerprint density at radius 2 is 2.17 bits per heavy atom. The van der Waals surface area contributed by atoms with Gasteiger partial charge in [0.2, 0.25) is 0 Å². The van der Waals surface area contributed by atoms with E-state index < -0.39 is 0 Å². The minimum atomic E-state index is -0.336. The molecule has 0 bridgehead atoms. The highest BCUT2D eigenvalue weighted by molar-refractivity contribution is 6.34. The van der Waals surface area contributed by atoms with Gasteiger partial charge in [-0.15, -0.1) is 0 Å². The number of fused-ring (bicyclic) bond motifs is 1. The smallest absolute Gasteiger partial charge is 0.153 e. The van der Waals surface area contributed by atoms with E-state index in [0.29, 0.717) is 10.6 Å². The van der Waals surface area contributed by atoms with Crippen molar-refractivity contribution in [3.8, 4) is 0 Å². The van der Waals surface area contributed by atoms with Crippen LogP contribution in [-0.2, 0) is 0 Å². The molecule has 1 unspecified atom stereocenters. The summed E-state index contributed by atoms with van der Waals surface area (Å²) in [6.45, 7) is 6.99. The van der Waals surface area contributed by atoms with Gasteiger partial charge in [-0.05, 0) is 38.9 Å². The molecule has 1 atom stereocenters. The Labute approximate surface area is 111 Å². The molecule has 0 saturated heterocycles. The number of rotatable bonds is 4. The number of benzene rings is 1. The Balaban J connectivity index is 2.47. The van der Waals surface area contributed by atoms with E-state index in [0.717, 1.165) is 29.7 Å². The van der Waals surface area contributed by atoms with E-state index in [-0.39, 0.29) is 11.9 Å². The lowest BCUT2D eigenvalue weighted by atomic mass is 10.1. The Bertz CT molecular complexity index is 564. The summed E-state index contributed by atoms with van der Waals surface area (Å²) in [7, 11) is 0. The van der Waals surface area contributed by atoms with Crippen molar-refractivity contribution in [2.45, 2.75) is 33.2 Å². The van der Waals surface area contributed by atoms with E-state index in [1.165, 1.54) is 12.1 Å². The molecule has 0 saturated carbocycles. The van der Waals surface area contributed by atoms with Crippen LogP contribution >= 0.6 is 11.6 Å². The topological polar surface area (TPSA) is 25.2 Å². The maximum Gasteiger partial charge on any atom is 0.153 e. The zero-order chi connectivity index (χ0) is 13.3. The highest BCUT2D eigenvalue weighted by Gasteiger charge is 2.18. The van der Waals surface area contributed by atoms with Crippen LogP contribution < -0.4 is 5.32 Å². The summed E-state index contributed by atoms with van der Waals surface area (Å²) in [6.07, 6.45) is 1.05. The Kier molecular flexibility index (Phi) is 3.93. The van der Waals surface area contributed by atoms with Crippen LogP contribution in [0.15, 0.2) is 16.5 Å². The SMILES string of the molecule is CCCNC(C)c1oc2c(Cl)cc(F)cc2c1C. The monoisotopic (exact) mass is 269 g/mol. The molecule has 1 aromatic carbocycles. The van der Waals surface area contributed by atoms with E-state index in [1.54, 1.807) is 0 Å². The second-order valence-corrected chi connectivity index (χ2v) is 4.94. The summed E-state index contributed by atoms with van der Waals surface area (Å²) in [5.74, 6) is 0.489. The fraction of sp³-hybridized carbons (Fsp3) is 0.429. The molecule has 0 aliphatic carbocycles. The number of furan rings is 1. The van der Waals surface area contributed by atoms with Crippen molar-refractivity contribution in [3.63, 3.8) is 0 Å². The molecular formula is C14H17ClFNO. The number of nitrogens with one attached hydrogen (secondary N) is 1. The summed E-state index contributed by atoms with van der Waals surface area (Å²) in [4.78, 5) is 0. The molecule has 0 aliphatic heterocycles. The first kappa shape index (κ1) is 13.4. The van der Waals surface area contributed by atoms with Crippen LogP contribution in [0.1, 0.15) is 37.6 Å². The van der Waals surface area contributed by atoms with Gasteiger partial charge in [0.25, 0.3) is 0 Å². The molecule has 0 spiro atoms. The molecule has 98 valence electrons. The average Bonchev–Trinajstić information content (AvgIpc) is 2.65. The molecule has 0 fully saturated rings. The van der Waals surface area contributed by atoms with Gasteiger partial charge < -0.3 is 9.73 Å². The van der Waals surface area contributed by atoms with E-state index in [4.69, 9.17) is 16.0 Å². The van der Waals surface area contributed by atoms with Crippen molar-refractivity contribution >= 4 is 22.6 Å². The standard InChI is InChI=1S/C14H17ClFNO/c1-4-5-17-9(3)13-8(2)11-6-10(16)7-12(15)14(11)18-13/h6-7,9,17H,4-5H2,1-3H3. The molecule has 1 heterocycles. The Morgan fingerprint density at radius 3 is 2.83 bits per heavy atom. The lowest BCUT2D eigenvalue weighted by Gasteiger charge is -2.11. The van der Waals surface area contributed by atoms with Crippen molar-refractivity contribution in [3.05, 3.63) is 34.3 Å². The van der Waals surface area contributed by atoms with E-state index in [9.17, 15) is 4.39 Å². The average molecular weight is 270 g/mol. The summed E-state index contributed by atoms with van der Waals surface area (Å²) in [6, 6.07) is 2.84. The van der Waals surface area contributed by atoms with Gasteiger partial charge in [0, 0.05) is 10.9 Å². The number of hydrogen-bond acceptors (Lipinski definition) is 2. The molecule has 0 aliphatic rings. The van der Waals surface area contributed by atoms with Gasteiger partial charge in [0.1, 0.15) is 11.6 Å². The van der Waals surface area contributed by atoms with E-state index in [2.05, 4.69) is 12.2 Å².